The quantitative estimate of drug-likeness (QED) is 0.488. The number of benzene rings is 3. The number of hydrogen-bond donors (Lipinski definition) is 1. The number of aryl methyl sites for hydroxylation is 1. The molecule has 0 aliphatic rings. The van der Waals surface area contributed by atoms with E-state index in [2.05, 4.69) is 5.32 Å². The largest absolute Gasteiger partial charge is 0.493 e. The van der Waals surface area contributed by atoms with Crippen LogP contribution in [0.2, 0.25) is 5.02 Å². The first-order chi connectivity index (χ1) is 15.7. The van der Waals surface area contributed by atoms with Crippen molar-refractivity contribution in [2.24, 2.45) is 0 Å². The van der Waals surface area contributed by atoms with Gasteiger partial charge < -0.3 is 14.8 Å². The molecule has 3 aromatic carbocycles. The van der Waals surface area contributed by atoms with Crippen LogP contribution in [0.25, 0.3) is 0 Å². The van der Waals surface area contributed by atoms with E-state index in [0.717, 1.165) is 15.4 Å². The summed E-state index contributed by atoms with van der Waals surface area (Å²) in [5.41, 5.74) is 2.14. The van der Waals surface area contributed by atoms with Crippen molar-refractivity contribution in [2.45, 2.75) is 18.4 Å². The zero-order chi connectivity index (χ0) is 24.0. The summed E-state index contributed by atoms with van der Waals surface area (Å²) >= 11 is 5.91. The van der Waals surface area contributed by atoms with Crippen LogP contribution in [-0.4, -0.2) is 35.1 Å². The minimum absolute atomic E-state index is 0.0418. The van der Waals surface area contributed by atoms with Gasteiger partial charge >= 0.3 is 0 Å². The lowest BCUT2D eigenvalue weighted by Crippen LogP contribution is -2.40. The van der Waals surface area contributed by atoms with Gasteiger partial charge in [-0.2, -0.15) is 0 Å². The fourth-order valence-electron chi connectivity index (χ4n) is 3.14. The molecule has 0 aromatic heterocycles. The summed E-state index contributed by atoms with van der Waals surface area (Å²) in [4.78, 5) is 12.8. The van der Waals surface area contributed by atoms with Gasteiger partial charge in [0.1, 0.15) is 6.54 Å². The molecule has 1 amide bonds. The van der Waals surface area contributed by atoms with Crippen LogP contribution in [0.1, 0.15) is 11.1 Å². The third kappa shape index (κ3) is 5.97. The van der Waals surface area contributed by atoms with Crippen LogP contribution in [0.4, 0.5) is 5.69 Å². The van der Waals surface area contributed by atoms with Crippen molar-refractivity contribution in [2.75, 3.05) is 25.1 Å². The number of amides is 1. The van der Waals surface area contributed by atoms with Crippen molar-refractivity contribution < 1.29 is 22.7 Å². The molecule has 0 radical (unpaired) electrons. The van der Waals surface area contributed by atoms with E-state index in [4.69, 9.17) is 21.1 Å². The highest BCUT2D eigenvalue weighted by atomic mass is 35.5. The molecular formula is C24H25ClN2O5S. The first-order valence-corrected chi connectivity index (χ1v) is 11.9. The Hall–Kier alpha value is -3.23. The van der Waals surface area contributed by atoms with Gasteiger partial charge in [0.25, 0.3) is 10.0 Å². The van der Waals surface area contributed by atoms with Crippen LogP contribution >= 0.6 is 11.6 Å². The van der Waals surface area contributed by atoms with Crippen LogP contribution in [0.5, 0.6) is 11.5 Å². The molecule has 0 aliphatic heterocycles. The Morgan fingerprint density at radius 1 is 0.939 bits per heavy atom. The van der Waals surface area contributed by atoms with Gasteiger partial charge in [-0.15, -0.1) is 0 Å². The molecular weight excluding hydrogens is 464 g/mol. The average Bonchev–Trinajstić information content (AvgIpc) is 2.81. The number of halogens is 1. The number of nitrogens with zero attached hydrogens (tertiary/aromatic N) is 1. The molecule has 0 spiro atoms. The zero-order valence-corrected chi connectivity index (χ0v) is 20.1. The monoisotopic (exact) mass is 488 g/mol. The summed E-state index contributed by atoms with van der Waals surface area (Å²) in [7, 11) is -0.933. The number of nitrogens with one attached hydrogen (secondary N) is 1. The highest BCUT2D eigenvalue weighted by Gasteiger charge is 2.27. The molecule has 3 rings (SSSR count). The zero-order valence-electron chi connectivity index (χ0n) is 18.5. The standard InChI is InChI=1S/C24H25ClN2O5S/c1-17-4-9-20(10-5-17)27(33(29,30)21-11-7-19(25)8-12-21)16-24(28)26-15-18-6-13-22(31-2)23(14-18)32-3/h4-14H,15-16H2,1-3H3,(H,26,28). The molecule has 0 aliphatic carbocycles. The number of rotatable bonds is 9. The Kier molecular flexibility index (Phi) is 7.84. The molecule has 0 bridgehead atoms. The number of hydrogen-bond acceptors (Lipinski definition) is 5. The summed E-state index contributed by atoms with van der Waals surface area (Å²) in [6.07, 6.45) is 0. The highest BCUT2D eigenvalue weighted by Crippen LogP contribution is 2.28. The van der Waals surface area contributed by atoms with E-state index < -0.39 is 15.9 Å². The fraction of sp³-hybridized carbons (Fsp3) is 0.208. The van der Waals surface area contributed by atoms with E-state index in [0.29, 0.717) is 22.2 Å². The molecule has 0 saturated carbocycles. The SMILES string of the molecule is COc1ccc(CNC(=O)CN(c2ccc(C)cc2)S(=O)(=O)c2ccc(Cl)cc2)cc1OC. The minimum Gasteiger partial charge on any atom is -0.493 e. The number of ether oxygens (including phenoxy) is 2. The smallest absolute Gasteiger partial charge is 0.264 e. The fourth-order valence-corrected chi connectivity index (χ4v) is 4.68. The van der Waals surface area contributed by atoms with Gasteiger partial charge in [0.15, 0.2) is 11.5 Å². The number of sulfonamides is 1. The number of methoxy groups -OCH3 is 2. The minimum atomic E-state index is -4.00. The van der Waals surface area contributed by atoms with E-state index in [1.165, 1.54) is 31.4 Å². The molecule has 1 N–H and O–H groups in total. The average molecular weight is 489 g/mol. The molecule has 3 aromatic rings. The summed E-state index contributed by atoms with van der Waals surface area (Å²) in [6, 6.07) is 18.0. The molecule has 7 nitrogen and oxygen atoms in total. The van der Waals surface area contributed by atoms with Gasteiger partial charge in [0, 0.05) is 11.6 Å². The lowest BCUT2D eigenvalue weighted by atomic mass is 10.2. The third-order valence-electron chi connectivity index (χ3n) is 4.95. The maximum atomic E-state index is 13.4. The van der Waals surface area contributed by atoms with E-state index >= 15 is 0 Å². The normalized spacial score (nSPS) is 11.0. The summed E-state index contributed by atoms with van der Waals surface area (Å²) in [6.45, 7) is 1.71. The highest BCUT2D eigenvalue weighted by molar-refractivity contribution is 7.92. The maximum absolute atomic E-state index is 13.4. The summed E-state index contributed by atoms with van der Waals surface area (Å²) in [5.74, 6) is 0.658. The topological polar surface area (TPSA) is 84.9 Å². The van der Waals surface area contributed by atoms with Gasteiger partial charge in [-0.05, 0) is 61.0 Å². The van der Waals surface area contributed by atoms with E-state index in [-0.39, 0.29) is 18.0 Å². The van der Waals surface area contributed by atoms with Gasteiger partial charge in [-0.1, -0.05) is 35.4 Å². The Labute approximate surface area is 198 Å². The lowest BCUT2D eigenvalue weighted by molar-refractivity contribution is -0.119. The van der Waals surface area contributed by atoms with E-state index in [9.17, 15) is 13.2 Å². The molecule has 0 atom stereocenters. The van der Waals surface area contributed by atoms with Crippen LogP contribution < -0.4 is 19.1 Å². The second-order valence-electron chi connectivity index (χ2n) is 7.27. The molecule has 9 heteroatoms. The predicted octanol–water partition coefficient (Wildman–Crippen LogP) is 4.18. The number of carbonyl (C=O) groups excluding carboxylic acids is 1. The molecule has 33 heavy (non-hydrogen) atoms. The molecule has 0 heterocycles. The Morgan fingerprint density at radius 3 is 2.18 bits per heavy atom. The van der Waals surface area contributed by atoms with Gasteiger partial charge in [0.2, 0.25) is 5.91 Å². The van der Waals surface area contributed by atoms with Crippen molar-refractivity contribution in [1.82, 2.24) is 5.32 Å². The van der Waals surface area contributed by atoms with Crippen molar-refractivity contribution in [1.29, 1.82) is 0 Å². The molecule has 174 valence electrons. The van der Waals surface area contributed by atoms with Gasteiger partial charge in [0.05, 0.1) is 24.8 Å². The molecule has 0 saturated heterocycles. The van der Waals surface area contributed by atoms with Crippen molar-refractivity contribution in [3.8, 4) is 11.5 Å². The van der Waals surface area contributed by atoms with Gasteiger partial charge in [-0.3, -0.25) is 9.10 Å². The second-order valence-corrected chi connectivity index (χ2v) is 9.57. The first kappa shape index (κ1) is 24.4. The van der Waals surface area contributed by atoms with Crippen LogP contribution in [-0.2, 0) is 21.4 Å². The third-order valence-corrected chi connectivity index (χ3v) is 6.99. The first-order valence-electron chi connectivity index (χ1n) is 10.1. The summed E-state index contributed by atoms with van der Waals surface area (Å²) in [5, 5.41) is 3.19. The lowest BCUT2D eigenvalue weighted by Gasteiger charge is -2.24. The van der Waals surface area contributed by atoms with Crippen LogP contribution in [0.15, 0.2) is 71.6 Å². The Morgan fingerprint density at radius 2 is 1.58 bits per heavy atom. The van der Waals surface area contributed by atoms with Crippen molar-refractivity contribution in [3.63, 3.8) is 0 Å². The molecule has 0 fully saturated rings. The number of anilines is 1. The number of carbonyl (C=O) groups is 1. The van der Waals surface area contributed by atoms with Gasteiger partial charge in [-0.25, -0.2) is 8.42 Å². The van der Waals surface area contributed by atoms with Crippen LogP contribution in [0, 0.1) is 6.92 Å². The summed E-state index contributed by atoms with van der Waals surface area (Å²) < 4.78 is 38.3. The Bertz CT molecular complexity index is 1210. The predicted molar refractivity (Wildman–Crippen MR) is 129 cm³/mol. The van der Waals surface area contributed by atoms with Crippen LogP contribution in [0.3, 0.4) is 0 Å². The molecule has 0 unspecified atom stereocenters. The Balaban J connectivity index is 1.82. The maximum Gasteiger partial charge on any atom is 0.264 e. The second kappa shape index (κ2) is 10.6. The van der Waals surface area contributed by atoms with Crippen molar-refractivity contribution >= 4 is 33.2 Å². The van der Waals surface area contributed by atoms with E-state index in [1.807, 2.05) is 6.92 Å². The van der Waals surface area contributed by atoms with Crippen molar-refractivity contribution in [3.05, 3.63) is 82.9 Å². The van der Waals surface area contributed by atoms with E-state index in [1.54, 1.807) is 49.6 Å².